The van der Waals surface area contributed by atoms with E-state index in [0.717, 1.165) is 24.9 Å². The van der Waals surface area contributed by atoms with E-state index < -0.39 is 0 Å². The summed E-state index contributed by atoms with van der Waals surface area (Å²) in [6, 6.07) is 1.36. The molecule has 116 valence electrons. The Bertz CT molecular complexity index is 290. The summed E-state index contributed by atoms with van der Waals surface area (Å²) >= 11 is 0. The lowest BCUT2D eigenvalue weighted by atomic mass is 9.79. The largest absolute Gasteiger partial charge is 0.466 e. The van der Waals surface area contributed by atoms with E-state index in [2.05, 4.69) is 10.6 Å². The van der Waals surface area contributed by atoms with Crippen molar-refractivity contribution in [2.75, 3.05) is 19.7 Å². The van der Waals surface area contributed by atoms with Gasteiger partial charge in [-0.05, 0) is 58.0 Å². The Morgan fingerprint density at radius 1 is 1.25 bits per heavy atom. The van der Waals surface area contributed by atoms with Crippen molar-refractivity contribution in [1.29, 1.82) is 0 Å². The number of carbonyl (C=O) groups excluding carboxylic acids is 1. The van der Waals surface area contributed by atoms with Crippen LogP contribution >= 0.6 is 0 Å². The molecule has 0 spiro atoms. The molecular formula is C16H30N2O2. The van der Waals surface area contributed by atoms with E-state index in [1.807, 2.05) is 6.92 Å². The maximum absolute atomic E-state index is 11.3. The van der Waals surface area contributed by atoms with Crippen molar-refractivity contribution >= 4 is 5.97 Å². The Balaban J connectivity index is 1.68. The van der Waals surface area contributed by atoms with Crippen LogP contribution in [0.1, 0.15) is 58.3 Å². The second-order valence-corrected chi connectivity index (χ2v) is 6.12. The third kappa shape index (κ3) is 4.74. The van der Waals surface area contributed by atoms with Crippen LogP contribution in [0.15, 0.2) is 0 Å². The fourth-order valence-electron chi connectivity index (χ4n) is 3.72. The highest BCUT2D eigenvalue weighted by Gasteiger charge is 2.32. The minimum atomic E-state index is -0.0630. The van der Waals surface area contributed by atoms with E-state index in [0.29, 0.717) is 19.1 Å². The van der Waals surface area contributed by atoms with Crippen LogP contribution in [0.4, 0.5) is 0 Å². The Morgan fingerprint density at radius 3 is 2.85 bits per heavy atom. The third-order valence-electron chi connectivity index (χ3n) is 4.70. The highest BCUT2D eigenvalue weighted by atomic mass is 16.5. The van der Waals surface area contributed by atoms with Gasteiger partial charge in [0, 0.05) is 18.5 Å². The van der Waals surface area contributed by atoms with Crippen LogP contribution in [-0.4, -0.2) is 37.7 Å². The van der Waals surface area contributed by atoms with Gasteiger partial charge in [0.2, 0.25) is 0 Å². The summed E-state index contributed by atoms with van der Waals surface area (Å²) in [5, 5.41) is 7.37. The molecular weight excluding hydrogens is 252 g/mol. The van der Waals surface area contributed by atoms with Crippen LogP contribution in [0.25, 0.3) is 0 Å². The van der Waals surface area contributed by atoms with Crippen molar-refractivity contribution in [3.8, 4) is 0 Å². The molecule has 0 radical (unpaired) electrons. The zero-order valence-electron chi connectivity index (χ0n) is 12.8. The standard InChI is InChI=1S/C16H30N2O2/c1-2-20-16(19)10-6-12-18-14-8-4-3-7-13(14)15-9-5-11-17-15/h13-15,17-18H,2-12H2,1H3. The number of hydrogen-bond donors (Lipinski definition) is 2. The van der Waals surface area contributed by atoms with Gasteiger partial charge in [-0.25, -0.2) is 0 Å². The number of carbonyl (C=O) groups is 1. The SMILES string of the molecule is CCOC(=O)CCCNC1CCCCC1C1CCCN1. The van der Waals surface area contributed by atoms with Gasteiger partial charge in [0.25, 0.3) is 0 Å². The van der Waals surface area contributed by atoms with Crippen molar-refractivity contribution in [3.63, 3.8) is 0 Å². The van der Waals surface area contributed by atoms with Gasteiger partial charge >= 0.3 is 5.97 Å². The van der Waals surface area contributed by atoms with E-state index in [1.54, 1.807) is 0 Å². The molecule has 1 aliphatic carbocycles. The Hall–Kier alpha value is -0.610. The van der Waals surface area contributed by atoms with Gasteiger partial charge in [-0.15, -0.1) is 0 Å². The molecule has 0 amide bonds. The highest BCUT2D eigenvalue weighted by Crippen LogP contribution is 2.30. The molecule has 1 saturated carbocycles. The zero-order chi connectivity index (χ0) is 14.2. The maximum atomic E-state index is 11.3. The molecule has 3 atom stereocenters. The average Bonchev–Trinajstić information content (AvgIpc) is 2.98. The molecule has 0 bridgehead atoms. The summed E-state index contributed by atoms with van der Waals surface area (Å²) in [4.78, 5) is 11.3. The Labute approximate surface area is 123 Å². The molecule has 3 unspecified atom stereocenters. The van der Waals surface area contributed by atoms with Crippen LogP contribution in [0, 0.1) is 5.92 Å². The van der Waals surface area contributed by atoms with Crippen molar-refractivity contribution in [1.82, 2.24) is 10.6 Å². The molecule has 2 rings (SSSR count). The quantitative estimate of drug-likeness (QED) is 0.555. The molecule has 2 aliphatic rings. The molecule has 0 aromatic rings. The predicted octanol–water partition coefficient (Wildman–Crippen LogP) is 2.23. The maximum Gasteiger partial charge on any atom is 0.305 e. The van der Waals surface area contributed by atoms with Gasteiger partial charge < -0.3 is 15.4 Å². The van der Waals surface area contributed by atoms with Crippen molar-refractivity contribution in [3.05, 3.63) is 0 Å². The van der Waals surface area contributed by atoms with Gasteiger partial charge in [-0.2, -0.15) is 0 Å². The highest BCUT2D eigenvalue weighted by molar-refractivity contribution is 5.69. The first-order valence-corrected chi connectivity index (χ1v) is 8.43. The van der Waals surface area contributed by atoms with Crippen molar-refractivity contribution in [2.45, 2.75) is 70.4 Å². The van der Waals surface area contributed by atoms with Gasteiger partial charge in [0.05, 0.1) is 6.61 Å². The predicted molar refractivity (Wildman–Crippen MR) is 80.6 cm³/mol. The molecule has 1 aliphatic heterocycles. The molecule has 2 fully saturated rings. The second-order valence-electron chi connectivity index (χ2n) is 6.12. The van der Waals surface area contributed by atoms with Gasteiger partial charge in [-0.1, -0.05) is 12.8 Å². The van der Waals surface area contributed by atoms with Crippen molar-refractivity contribution < 1.29 is 9.53 Å². The topological polar surface area (TPSA) is 50.4 Å². The van der Waals surface area contributed by atoms with E-state index >= 15 is 0 Å². The number of nitrogens with one attached hydrogen (secondary N) is 2. The summed E-state index contributed by atoms with van der Waals surface area (Å²) in [6.07, 6.45) is 9.47. The first kappa shape index (κ1) is 15.8. The second kappa shape index (κ2) is 8.63. The number of ether oxygens (including phenoxy) is 1. The fraction of sp³-hybridized carbons (Fsp3) is 0.938. The van der Waals surface area contributed by atoms with Gasteiger partial charge in [0.15, 0.2) is 0 Å². The first-order chi connectivity index (χ1) is 9.81. The number of rotatable bonds is 7. The average molecular weight is 282 g/mol. The van der Waals surface area contributed by atoms with Crippen molar-refractivity contribution in [2.24, 2.45) is 5.92 Å². The molecule has 4 nitrogen and oxygen atoms in total. The first-order valence-electron chi connectivity index (χ1n) is 8.43. The minimum absolute atomic E-state index is 0.0630. The normalized spacial score (nSPS) is 30.4. The van der Waals surface area contributed by atoms with E-state index in [9.17, 15) is 4.79 Å². The van der Waals surface area contributed by atoms with Crippen LogP contribution in [0.3, 0.4) is 0 Å². The van der Waals surface area contributed by atoms with E-state index in [1.165, 1.54) is 45.1 Å². The number of esters is 1. The van der Waals surface area contributed by atoms with Crippen LogP contribution in [0.2, 0.25) is 0 Å². The molecule has 20 heavy (non-hydrogen) atoms. The van der Waals surface area contributed by atoms with Crippen LogP contribution in [-0.2, 0) is 9.53 Å². The summed E-state index contributed by atoms with van der Waals surface area (Å²) in [6.45, 7) is 4.48. The van der Waals surface area contributed by atoms with Crippen LogP contribution < -0.4 is 10.6 Å². The summed E-state index contributed by atoms with van der Waals surface area (Å²) in [5.41, 5.74) is 0. The van der Waals surface area contributed by atoms with Gasteiger partial charge in [0.1, 0.15) is 0 Å². The zero-order valence-corrected chi connectivity index (χ0v) is 12.8. The molecule has 4 heteroatoms. The monoisotopic (exact) mass is 282 g/mol. The molecule has 0 aromatic heterocycles. The van der Waals surface area contributed by atoms with E-state index in [-0.39, 0.29) is 5.97 Å². The summed E-state index contributed by atoms with van der Waals surface area (Å²) in [5.74, 6) is 0.723. The van der Waals surface area contributed by atoms with Gasteiger partial charge in [-0.3, -0.25) is 4.79 Å². The lowest BCUT2D eigenvalue weighted by molar-refractivity contribution is -0.143. The Morgan fingerprint density at radius 2 is 2.10 bits per heavy atom. The summed E-state index contributed by atoms with van der Waals surface area (Å²) < 4.78 is 4.96. The fourth-order valence-corrected chi connectivity index (χ4v) is 3.72. The third-order valence-corrected chi connectivity index (χ3v) is 4.70. The molecule has 0 aromatic carbocycles. The molecule has 2 N–H and O–H groups in total. The minimum Gasteiger partial charge on any atom is -0.466 e. The lowest BCUT2D eigenvalue weighted by Gasteiger charge is -2.36. The smallest absolute Gasteiger partial charge is 0.305 e. The van der Waals surface area contributed by atoms with E-state index in [4.69, 9.17) is 4.74 Å². The summed E-state index contributed by atoms with van der Waals surface area (Å²) in [7, 11) is 0. The molecule has 1 saturated heterocycles. The number of hydrogen-bond acceptors (Lipinski definition) is 4. The van der Waals surface area contributed by atoms with Crippen LogP contribution in [0.5, 0.6) is 0 Å². The Kier molecular flexibility index (Phi) is 6.80. The molecule has 1 heterocycles. The lowest BCUT2D eigenvalue weighted by Crippen LogP contribution is -2.47.